The van der Waals surface area contributed by atoms with E-state index in [2.05, 4.69) is 10.3 Å². The van der Waals surface area contributed by atoms with E-state index in [1.807, 2.05) is 12.1 Å². The van der Waals surface area contributed by atoms with E-state index in [-0.39, 0.29) is 31.1 Å². The van der Waals surface area contributed by atoms with Crippen LogP contribution in [0.2, 0.25) is 0 Å². The van der Waals surface area contributed by atoms with E-state index in [9.17, 15) is 14.0 Å². The number of fused-ring (bicyclic) bond motifs is 3. The van der Waals surface area contributed by atoms with Gasteiger partial charge in [-0.3, -0.25) is 9.59 Å². The van der Waals surface area contributed by atoms with E-state index in [4.69, 9.17) is 0 Å². The number of nitrogens with one attached hydrogen (secondary N) is 1. The molecule has 1 saturated heterocycles. The van der Waals surface area contributed by atoms with Gasteiger partial charge in [-0.2, -0.15) is 13.5 Å². The number of amides is 2. The van der Waals surface area contributed by atoms with Gasteiger partial charge in [0, 0.05) is 18.9 Å². The lowest BCUT2D eigenvalue weighted by molar-refractivity contribution is -0.138. The van der Waals surface area contributed by atoms with Crippen LogP contribution in [0.25, 0.3) is 21.0 Å². The molecule has 1 atom stereocenters. The zero-order chi connectivity index (χ0) is 18.3. The Morgan fingerprint density at radius 1 is 1.26 bits per heavy atom. The molecular formula is C19H20FN3O2S2. The summed E-state index contributed by atoms with van der Waals surface area (Å²) in [7, 11) is 0. The number of halogens is 1. The van der Waals surface area contributed by atoms with Crippen LogP contribution < -0.4 is 5.32 Å². The molecule has 0 spiro atoms. The van der Waals surface area contributed by atoms with E-state index in [1.54, 1.807) is 11.0 Å². The summed E-state index contributed by atoms with van der Waals surface area (Å²) in [6, 6.07) is 7.84. The van der Waals surface area contributed by atoms with Gasteiger partial charge >= 0.3 is 0 Å². The van der Waals surface area contributed by atoms with Gasteiger partial charge in [0.15, 0.2) is 5.13 Å². The average Bonchev–Trinajstić information content (AvgIpc) is 3.04. The highest BCUT2D eigenvalue weighted by atomic mass is 32.1. The van der Waals surface area contributed by atoms with Gasteiger partial charge in [0.05, 0.1) is 10.2 Å². The Balaban J connectivity index is 0.00000210. The summed E-state index contributed by atoms with van der Waals surface area (Å²) in [4.78, 5) is 30.6. The predicted octanol–water partition coefficient (Wildman–Crippen LogP) is 4.04. The van der Waals surface area contributed by atoms with Crippen molar-refractivity contribution in [3.63, 3.8) is 0 Å². The first kappa shape index (κ1) is 19.6. The Hall–Kier alpha value is -2.19. The third-order valence-electron chi connectivity index (χ3n) is 4.77. The van der Waals surface area contributed by atoms with Crippen molar-refractivity contribution < 1.29 is 14.0 Å². The van der Waals surface area contributed by atoms with Crippen LogP contribution in [0.15, 0.2) is 30.3 Å². The minimum atomic E-state index is -0.445. The third kappa shape index (κ3) is 3.77. The highest BCUT2D eigenvalue weighted by molar-refractivity contribution is 7.59. The first-order valence-corrected chi connectivity index (χ1v) is 9.41. The third-order valence-corrected chi connectivity index (χ3v) is 5.79. The summed E-state index contributed by atoms with van der Waals surface area (Å²) in [6.45, 7) is 2.11. The van der Waals surface area contributed by atoms with Crippen LogP contribution in [-0.2, 0) is 9.59 Å². The molecule has 8 heteroatoms. The molecule has 0 saturated carbocycles. The number of hydrogen-bond acceptors (Lipinski definition) is 4. The molecule has 0 bridgehead atoms. The number of nitrogens with zero attached hydrogens (tertiary/aromatic N) is 2. The molecule has 1 fully saturated rings. The molecule has 142 valence electrons. The lowest BCUT2D eigenvalue weighted by atomic mass is 10.0. The van der Waals surface area contributed by atoms with Crippen molar-refractivity contribution in [1.29, 1.82) is 0 Å². The van der Waals surface area contributed by atoms with Crippen LogP contribution in [0.4, 0.5) is 9.52 Å². The smallest absolute Gasteiger partial charge is 0.248 e. The van der Waals surface area contributed by atoms with Gasteiger partial charge < -0.3 is 10.2 Å². The fraction of sp³-hybridized carbons (Fsp3) is 0.316. The highest BCUT2D eigenvalue weighted by Gasteiger charge is 2.30. The van der Waals surface area contributed by atoms with Crippen LogP contribution in [-0.4, -0.2) is 34.3 Å². The Labute approximate surface area is 167 Å². The van der Waals surface area contributed by atoms with E-state index < -0.39 is 6.04 Å². The van der Waals surface area contributed by atoms with Gasteiger partial charge in [0.2, 0.25) is 11.8 Å². The fourth-order valence-corrected chi connectivity index (χ4v) is 4.51. The first-order valence-electron chi connectivity index (χ1n) is 8.60. The number of anilines is 1. The predicted molar refractivity (Wildman–Crippen MR) is 111 cm³/mol. The molecule has 2 heterocycles. The molecule has 1 aromatic heterocycles. The number of likely N-dealkylation sites (tertiary alicyclic amines) is 1. The molecule has 2 aromatic carbocycles. The normalized spacial score (nSPS) is 17.0. The molecule has 1 N–H and O–H groups in total. The number of aromatic nitrogens is 1. The van der Waals surface area contributed by atoms with Crippen LogP contribution in [0, 0.1) is 5.82 Å². The minimum Gasteiger partial charge on any atom is -0.331 e. The molecule has 1 aliphatic heterocycles. The second-order valence-corrected chi connectivity index (χ2v) is 7.51. The second kappa shape index (κ2) is 7.82. The van der Waals surface area contributed by atoms with E-state index in [1.165, 1.54) is 30.4 Å². The van der Waals surface area contributed by atoms with Gasteiger partial charge in [-0.1, -0.05) is 17.4 Å². The summed E-state index contributed by atoms with van der Waals surface area (Å²) >= 11 is 1.37. The monoisotopic (exact) mass is 405 g/mol. The van der Waals surface area contributed by atoms with Crippen molar-refractivity contribution in [2.45, 2.75) is 32.2 Å². The van der Waals surface area contributed by atoms with Gasteiger partial charge in [0.25, 0.3) is 0 Å². The molecule has 2 amide bonds. The number of carbonyl (C=O) groups is 2. The lowest BCUT2D eigenvalue weighted by Crippen LogP contribution is -2.49. The maximum atomic E-state index is 13.4. The van der Waals surface area contributed by atoms with Crippen molar-refractivity contribution in [2.24, 2.45) is 0 Å². The van der Waals surface area contributed by atoms with E-state index in [0.717, 1.165) is 33.8 Å². The van der Waals surface area contributed by atoms with Crippen molar-refractivity contribution in [3.8, 4) is 0 Å². The standard InChI is InChI=1S/C19H18FN3O2S.H2S/c1-11(24)23-9-3-2-4-16(23)18(25)22-19-21-15-8-5-12-10-13(20)6-7-14(12)17(15)26-19;/h5-8,10,16H,2-4,9H2,1H3,(H,21,22,25);1H2/t16-;/m0./s1. The van der Waals surface area contributed by atoms with E-state index >= 15 is 0 Å². The maximum absolute atomic E-state index is 13.4. The quantitative estimate of drug-likeness (QED) is 0.700. The molecule has 5 nitrogen and oxygen atoms in total. The van der Waals surface area contributed by atoms with Crippen molar-refractivity contribution in [1.82, 2.24) is 9.88 Å². The molecule has 1 aliphatic rings. The molecule has 0 unspecified atom stereocenters. The van der Waals surface area contributed by atoms with Crippen molar-refractivity contribution in [3.05, 3.63) is 36.1 Å². The molecule has 0 radical (unpaired) electrons. The zero-order valence-electron chi connectivity index (χ0n) is 14.8. The topological polar surface area (TPSA) is 62.3 Å². The van der Waals surface area contributed by atoms with Gasteiger partial charge in [0.1, 0.15) is 11.9 Å². The Bertz CT molecular complexity index is 1020. The fourth-order valence-electron chi connectivity index (χ4n) is 3.51. The van der Waals surface area contributed by atoms with Gasteiger partial charge in [-0.15, -0.1) is 0 Å². The molecule has 27 heavy (non-hydrogen) atoms. The molecule has 4 rings (SSSR count). The summed E-state index contributed by atoms with van der Waals surface area (Å²) in [5, 5.41) is 5.07. The summed E-state index contributed by atoms with van der Waals surface area (Å²) in [6.07, 6.45) is 2.52. The number of thiazole rings is 1. The van der Waals surface area contributed by atoms with E-state index in [0.29, 0.717) is 18.1 Å². The van der Waals surface area contributed by atoms with Crippen LogP contribution >= 0.6 is 24.8 Å². The van der Waals surface area contributed by atoms with Crippen molar-refractivity contribution >= 4 is 62.8 Å². The number of hydrogen-bond donors (Lipinski definition) is 1. The van der Waals surface area contributed by atoms with Crippen molar-refractivity contribution in [2.75, 3.05) is 11.9 Å². The van der Waals surface area contributed by atoms with Gasteiger partial charge in [-0.25, -0.2) is 9.37 Å². The largest absolute Gasteiger partial charge is 0.331 e. The zero-order valence-corrected chi connectivity index (χ0v) is 16.6. The second-order valence-electron chi connectivity index (χ2n) is 6.51. The Kier molecular flexibility index (Phi) is 5.67. The summed E-state index contributed by atoms with van der Waals surface area (Å²) in [5.41, 5.74) is 0.761. The molecule has 0 aliphatic carbocycles. The summed E-state index contributed by atoms with van der Waals surface area (Å²) < 4.78 is 14.3. The SMILES string of the molecule is CC(=O)N1CCCC[C@H]1C(=O)Nc1nc2ccc3cc(F)ccc3c2s1.S. The van der Waals surface area contributed by atoms with Gasteiger partial charge in [-0.05, 0) is 48.9 Å². The maximum Gasteiger partial charge on any atom is 0.248 e. The van der Waals surface area contributed by atoms with Crippen LogP contribution in [0.5, 0.6) is 0 Å². The Morgan fingerprint density at radius 3 is 2.85 bits per heavy atom. The number of rotatable bonds is 2. The first-order chi connectivity index (χ1) is 12.5. The molecular weight excluding hydrogens is 385 g/mol. The van der Waals surface area contributed by atoms with Crippen LogP contribution in [0.3, 0.4) is 0 Å². The number of piperidine rings is 1. The minimum absolute atomic E-state index is 0. The number of benzene rings is 2. The lowest BCUT2D eigenvalue weighted by Gasteiger charge is -2.33. The Morgan fingerprint density at radius 2 is 2.07 bits per heavy atom. The highest BCUT2D eigenvalue weighted by Crippen LogP contribution is 2.33. The average molecular weight is 406 g/mol. The number of carbonyl (C=O) groups excluding carboxylic acids is 2. The molecule has 3 aromatic rings. The van der Waals surface area contributed by atoms with Crippen LogP contribution in [0.1, 0.15) is 26.2 Å². The summed E-state index contributed by atoms with van der Waals surface area (Å²) in [5.74, 6) is -0.562.